The summed E-state index contributed by atoms with van der Waals surface area (Å²) in [7, 11) is -3.59. The smallest absolute Gasteiger partial charge is 0.267 e. The van der Waals surface area contributed by atoms with Gasteiger partial charge in [0.05, 0.1) is 17.3 Å². The molecule has 178 valence electrons. The minimum absolute atomic E-state index is 0.103. The first-order chi connectivity index (χ1) is 15.7. The standard InChI is InChI=1S/C22H25NO9S/c24-12-17-19(26)20(27)21(28)22(31-17)32-23-18(25)10-9-14-7-4-8-16(11-14)33(29,30)13-15-5-2-1-3-6-15/h1-11,17,19-22,24,26-28H,12-13H2,(H,23,25)/b10-9+/t17-,19+,20+,21-,22+/m1/s1. The van der Waals surface area contributed by atoms with Crippen LogP contribution in [0.3, 0.4) is 0 Å². The number of ether oxygens (including phenoxy) is 1. The number of aliphatic hydroxyl groups is 4. The Morgan fingerprint density at radius 3 is 2.45 bits per heavy atom. The largest absolute Gasteiger partial charge is 0.394 e. The zero-order valence-electron chi connectivity index (χ0n) is 17.4. The lowest BCUT2D eigenvalue weighted by atomic mass is 9.99. The molecule has 1 saturated heterocycles. The van der Waals surface area contributed by atoms with Crippen LogP contribution in [0, 0.1) is 0 Å². The Kier molecular flexibility index (Phi) is 8.32. The van der Waals surface area contributed by atoms with Crippen molar-refractivity contribution < 1.29 is 43.2 Å². The molecule has 3 rings (SSSR count). The first kappa shape index (κ1) is 25.0. The van der Waals surface area contributed by atoms with Crippen molar-refractivity contribution in [2.75, 3.05) is 6.61 Å². The maximum absolute atomic E-state index is 12.7. The van der Waals surface area contributed by atoms with Gasteiger partial charge < -0.3 is 25.2 Å². The molecule has 0 aliphatic carbocycles. The third-order valence-electron chi connectivity index (χ3n) is 4.97. The number of benzene rings is 2. The van der Waals surface area contributed by atoms with Crippen LogP contribution < -0.4 is 5.48 Å². The SMILES string of the molecule is O=C(/C=C/c1cccc(S(=O)(=O)Cc2ccccc2)c1)NO[C@@H]1O[C@H](CO)[C@H](O)[C@H](O)[C@H]1O. The first-order valence-corrected chi connectivity index (χ1v) is 11.7. The fourth-order valence-corrected chi connectivity index (χ4v) is 4.57. The van der Waals surface area contributed by atoms with Gasteiger partial charge in [-0.3, -0.25) is 4.79 Å². The van der Waals surface area contributed by atoms with Crippen molar-refractivity contribution in [2.24, 2.45) is 0 Å². The quantitative estimate of drug-likeness (QED) is 0.249. The van der Waals surface area contributed by atoms with E-state index in [9.17, 15) is 28.5 Å². The Labute approximate surface area is 190 Å². The molecule has 2 aromatic carbocycles. The molecule has 0 bridgehead atoms. The van der Waals surface area contributed by atoms with Crippen molar-refractivity contribution in [3.8, 4) is 0 Å². The minimum Gasteiger partial charge on any atom is -0.394 e. The first-order valence-electron chi connectivity index (χ1n) is 10.0. The van der Waals surface area contributed by atoms with Gasteiger partial charge in [-0.1, -0.05) is 42.5 Å². The predicted octanol–water partition coefficient (Wildman–Crippen LogP) is -0.479. The van der Waals surface area contributed by atoms with Crippen LogP contribution in [0.1, 0.15) is 11.1 Å². The molecular weight excluding hydrogens is 454 g/mol. The Bertz CT molecular complexity index is 1070. The Hall–Kier alpha value is -2.64. The van der Waals surface area contributed by atoms with Crippen LogP contribution in [0.15, 0.2) is 65.6 Å². The Morgan fingerprint density at radius 1 is 1.03 bits per heavy atom. The molecule has 1 heterocycles. The zero-order chi connectivity index (χ0) is 24.0. The molecule has 11 heteroatoms. The molecule has 1 amide bonds. The molecule has 5 atom stereocenters. The van der Waals surface area contributed by atoms with E-state index < -0.39 is 53.1 Å². The fraction of sp³-hybridized carbons (Fsp3) is 0.318. The van der Waals surface area contributed by atoms with Crippen LogP contribution in [0.25, 0.3) is 6.08 Å². The minimum atomic E-state index is -3.59. The van der Waals surface area contributed by atoms with E-state index in [1.807, 2.05) is 5.48 Å². The van der Waals surface area contributed by atoms with E-state index in [-0.39, 0.29) is 10.6 Å². The molecule has 1 fully saturated rings. The van der Waals surface area contributed by atoms with Crippen LogP contribution in [0.2, 0.25) is 0 Å². The van der Waals surface area contributed by atoms with E-state index in [0.717, 1.165) is 6.08 Å². The third-order valence-corrected chi connectivity index (χ3v) is 6.65. The molecule has 2 aromatic rings. The highest BCUT2D eigenvalue weighted by molar-refractivity contribution is 7.90. The third kappa shape index (κ3) is 6.45. The number of rotatable bonds is 8. The van der Waals surface area contributed by atoms with E-state index >= 15 is 0 Å². The molecule has 10 nitrogen and oxygen atoms in total. The lowest BCUT2D eigenvalue weighted by Gasteiger charge is -2.38. The maximum Gasteiger partial charge on any atom is 0.267 e. The second kappa shape index (κ2) is 11.0. The maximum atomic E-state index is 12.7. The zero-order valence-corrected chi connectivity index (χ0v) is 18.2. The van der Waals surface area contributed by atoms with Crippen molar-refractivity contribution in [3.05, 3.63) is 71.8 Å². The number of hydrogen-bond donors (Lipinski definition) is 5. The number of hydrogen-bond acceptors (Lipinski definition) is 9. The number of sulfone groups is 1. The number of hydroxylamine groups is 1. The summed E-state index contributed by atoms with van der Waals surface area (Å²) in [5.41, 5.74) is 3.11. The van der Waals surface area contributed by atoms with E-state index in [4.69, 9.17) is 14.7 Å². The summed E-state index contributed by atoms with van der Waals surface area (Å²) in [6, 6.07) is 14.8. The van der Waals surface area contributed by atoms with Crippen LogP contribution >= 0.6 is 0 Å². The topological polar surface area (TPSA) is 163 Å². The summed E-state index contributed by atoms with van der Waals surface area (Å²) in [5, 5.41) is 38.5. The van der Waals surface area contributed by atoms with Gasteiger partial charge in [0.1, 0.15) is 24.4 Å². The summed E-state index contributed by atoms with van der Waals surface area (Å²) in [6.07, 6.45) is -5.12. The Balaban J connectivity index is 1.60. The van der Waals surface area contributed by atoms with Gasteiger partial charge in [0.15, 0.2) is 9.84 Å². The second-order valence-corrected chi connectivity index (χ2v) is 9.42. The van der Waals surface area contributed by atoms with Crippen molar-refractivity contribution >= 4 is 21.8 Å². The average molecular weight is 480 g/mol. The predicted molar refractivity (Wildman–Crippen MR) is 116 cm³/mol. The van der Waals surface area contributed by atoms with Crippen LogP contribution in [0.5, 0.6) is 0 Å². The monoisotopic (exact) mass is 479 g/mol. The summed E-state index contributed by atoms with van der Waals surface area (Å²) >= 11 is 0. The van der Waals surface area contributed by atoms with E-state index in [0.29, 0.717) is 11.1 Å². The van der Waals surface area contributed by atoms with Gasteiger partial charge in [0.2, 0.25) is 6.29 Å². The van der Waals surface area contributed by atoms with E-state index in [1.165, 1.54) is 18.2 Å². The summed E-state index contributed by atoms with van der Waals surface area (Å²) < 4.78 is 30.5. The number of carbonyl (C=O) groups is 1. The van der Waals surface area contributed by atoms with Gasteiger partial charge in [0.25, 0.3) is 5.91 Å². The number of carbonyl (C=O) groups excluding carboxylic acids is 1. The number of aliphatic hydroxyl groups excluding tert-OH is 4. The molecule has 0 spiro atoms. The van der Waals surface area contributed by atoms with Gasteiger partial charge >= 0.3 is 0 Å². The molecule has 1 aliphatic heterocycles. The van der Waals surface area contributed by atoms with Gasteiger partial charge in [-0.2, -0.15) is 0 Å². The van der Waals surface area contributed by atoms with Crippen molar-refractivity contribution in [3.63, 3.8) is 0 Å². The van der Waals surface area contributed by atoms with Crippen LogP contribution in [0.4, 0.5) is 0 Å². The molecule has 1 aliphatic rings. The van der Waals surface area contributed by atoms with Gasteiger partial charge in [-0.05, 0) is 29.3 Å². The highest BCUT2D eigenvalue weighted by Crippen LogP contribution is 2.21. The van der Waals surface area contributed by atoms with E-state index in [1.54, 1.807) is 42.5 Å². The molecule has 0 aromatic heterocycles. The number of amides is 1. The highest BCUT2D eigenvalue weighted by atomic mass is 32.2. The fourth-order valence-electron chi connectivity index (χ4n) is 3.18. The summed E-state index contributed by atoms with van der Waals surface area (Å²) in [6.45, 7) is -0.637. The summed E-state index contributed by atoms with van der Waals surface area (Å²) in [5.74, 6) is -0.918. The Morgan fingerprint density at radius 2 is 1.76 bits per heavy atom. The second-order valence-electron chi connectivity index (χ2n) is 7.43. The van der Waals surface area contributed by atoms with Gasteiger partial charge in [-0.25, -0.2) is 18.7 Å². The van der Waals surface area contributed by atoms with Crippen molar-refractivity contribution in [1.82, 2.24) is 5.48 Å². The lowest BCUT2D eigenvalue weighted by molar-refractivity contribution is -0.312. The molecule has 0 saturated carbocycles. The lowest BCUT2D eigenvalue weighted by Crippen LogP contribution is -2.60. The van der Waals surface area contributed by atoms with Gasteiger partial charge in [0, 0.05) is 6.08 Å². The highest BCUT2D eigenvalue weighted by Gasteiger charge is 2.44. The van der Waals surface area contributed by atoms with Gasteiger partial charge in [-0.15, -0.1) is 0 Å². The summed E-state index contributed by atoms with van der Waals surface area (Å²) in [4.78, 5) is 17.1. The molecule has 33 heavy (non-hydrogen) atoms. The molecule has 5 N–H and O–H groups in total. The average Bonchev–Trinajstić information content (AvgIpc) is 2.81. The van der Waals surface area contributed by atoms with Crippen LogP contribution in [-0.4, -0.2) is 72.1 Å². The van der Waals surface area contributed by atoms with Crippen LogP contribution in [-0.2, 0) is 30.0 Å². The van der Waals surface area contributed by atoms with Crippen molar-refractivity contribution in [1.29, 1.82) is 0 Å². The molecular formula is C22H25NO9S. The molecule has 0 unspecified atom stereocenters. The number of nitrogens with one attached hydrogen (secondary N) is 1. The normalized spacial score (nSPS) is 25.8. The van der Waals surface area contributed by atoms with Crippen molar-refractivity contribution in [2.45, 2.75) is 41.4 Å². The van der Waals surface area contributed by atoms with E-state index in [2.05, 4.69) is 0 Å². The molecule has 0 radical (unpaired) electrons.